The van der Waals surface area contributed by atoms with E-state index >= 15 is 0 Å². The minimum Gasteiger partial charge on any atom is -0.467 e. The molecule has 1 aromatic heterocycles. The number of carbonyl (C=O) groups is 3. The SMILES string of the molecule is Cc1ccc(C2=NN(C(=O)CN3C(=O)N[C@](C)(C4CC4)C3=O)[C@@H](c3ccco3)C2)cc1. The van der Waals surface area contributed by atoms with E-state index in [0.29, 0.717) is 12.2 Å². The molecule has 8 heteroatoms. The number of carbonyl (C=O) groups excluding carboxylic acids is 3. The second-order valence-corrected chi connectivity index (χ2v) is 8.68. The van der Waals surface area contributed by atoms with Gasteiger partial charge in [0.25, 0.3) is 11.8 Å². The van der Waals surface area contributed by atoms with Gasteiger partial charge < -0.3 is 9.73 Å². The Bertz CT molecular complexity index is 1070. The van der Waals surface area contributed by atoms with Crippen LogP contribution in [0.2, 0.25) is 0 Å². The molecule has 2 atom stereocenters. The normalized spacial score (nSPS) is 25.7. The van der Waals surface area contributed by atoms with Crippen molar-refractivity contribution in [3.05, 3.63) is 59.5 Å². The van der Waals surface area contributed by atoms with Crippen LogP contribution in [0.1, 0.15) is 49.1 Å². The molecule has 5 rings (SSSR count). The number of aryl methyl sites for hydroxylation is 1. The van der Waals surface area contributed by atoms with Crippen molar-refractivity contribution in [1.29, 1.82) is 0 Å². The fourth-order valence-electron chi connectivity index (χ4n) is 4.37. The fourth-order valence-corrected chi connectivity index (χ4v) is 4.37. The Kier molecular flexibility index (Phi) is 4.46. The summed E-state index contributed by atoms with van der Waals surface area (Å²) in [5, 5.41) is 8.70. The maximum Gasteiger partial charge on any atom is 0.325 e. The van der Waals surface area contributed by atoms with Crippen molar-refractivity contribution < 1.29 is 18.8 Å². The number of rotatable bonds is 5. The molecule has 1 saturated carbocycles. The highest BCUT2D eigenvalue weighted by Crippen LogP contribution is 2.42. The van der Waals surface area contributed by atoms with Crippen molar-refractivity contribution >= 4 is 23.6 Å². The Morgan fingerprint density at radius 2 is 1.97 bits per heavy atom. The monoisotopic (exact) mass is 420 g/mol. The lowest BCUT2D eigenvalue weighted by molar-refractivity contribution is -0.140. The number of nitrogens with zero attached hydrogens (tertiary/aromatic N) is 3. The average Bonchev–Trinajstić information content (AvgIpc) is 3.22. The predicted octanol–water partition coefficient (Wildman–Crippen LogP) is 2.99. The molecule has 160 valence electrons. The van der Waals surface area contributed by atoms with Gasteiger partial charge >= 0.3 is 6.03 Å². The van der Waals surface area contributed by atoms with E-state index in [1.54, 1.807) is 25.3 Å². The van der Waals surface area contributed by atoms with E-state index in [1.165, 1.54) is 5.01 Å². The van der Waals surface area contributed by atoms with Gasteiger partial charge in [-0.25, -0.2) is 9.80 Å². The first kappa shape index (κ1) is 19.5. The van der Waals surface area contributed by atoms with Crippen LogP contribution < -0.4 is 5.32 Å². The van der Waals surface area contributed by atoms with Gasteiger partial charge in [-0.15, -0.1) is 0 Å². The molecular weight excluding hydrogens is 396 g/mol. The third-order valence-electron chi connectivity index (χ3n) is 6.41. The summed E-state index contributed by atoms with van der Waals surface area (Å²) < 4.78 is 5.56. The summed E-state index contributed by atoms with van der Waals surface area (Å²) in [6.07, 6.45) is 3.85. The molecule has 3 heterocycles. The Morgan fingerprint density at radius 1 is 1.23 bits per heavy atom. The molecule has 0 unspecified atom stereocenters. The van der Waals surface area contributed by atoms with Crippen molar-refractivity contribution in [2.75, 3.05) is 6.54 Å². The highest BCUT2D eigenvalue weighted by molar-refractivity contribution is 6.09. The lowest BCUT2D eigenvalue weighted by Crippen LogP contribution is -2.47. The molecule has 0 bridgehead atoms. The van der Waals surface area contributed by atoms with Crippen LogP contribution in [0.25, 0.3) is 0 Å². The van der Waals surface area contributed by atoms with E-state index in [1.807, 2.05) is 31.2 Å². The lowest BCUT2D eigenvalue weighted by atomic mass is 9.96. The minimum absolute atomic E-state index is 0.137. The molecule has 0 spiro atoms. The van der Waals surface area contributed by atoms with Crippen molar-refractivity contribution in [2.45, 2.75) is 44.7 Å². The zero-order valence-corrected chi connectivity index (χ0v) is 17.5. The summed E-state index contributed by atoms with van der Waals surface area (Å²) in [5.41, 5.74) is 1.90. The van der Waals surface area contributed by atoms with Gasteiger partial charge in [-0.05, 0) is 50.3 Å². The van der Waals surface area contributed by atoms with Gasteiger partial charge in [0.05, 0.1) is 12.0 Å². The van der Waals surface area contributed by atoms with Gasteiger partial charge in [-0.3, -0.25) is 14.5 Å². The number of furan rings is 1. The highest BCUT2D eigenvalue weighted by Gasteiger charge is 2.56. The first-order valence-corrected chi connectivity index (χ1v) is 10.5. The van der Waals surface area contributed by atoms with E-state index in [9.17, 15) is 14.4 Å². The first-order chi connectivity index (χ1) is 14.9. The fraction of sp³-hybridized carbons (Fsp3) is 0.391. The van der Waals surface area contributed by atoms with Crippen LogP contribution in [0.4, 0.5) is 4.79 Å². The van der Waals surface area contributed by atoms with E-state index in [2.05, 4.69) is 10.4 Å². The van der Waals surface area contributed by atoms with Gasteiger partial charge in [0.1, 0.15) is 23.9 Å². The van der Waals surface area contributed by atoms with Crippen molar-refractivity contribution in [3.8, 4) is 0 Å². The number of hydrogen-bond donors (Lipinski definition) is 1. The predicted molar refractivity (Wildman–Crippen MR) is 112 cm³/mol. The maximum absolute atomic E-state index is 13.2. The number of amides is 4. The Morgan fingerprint density at radius 3 is 2.61 bits per heavy atom. The van der Waals surface area contributed by atoms with Crippen LogP contribution in [0.3, 0.4) is 0 Å². The second kappa shape index (κ2) is 7.08. The van der Waals surface area contributed by atoms with Crippen molar-refractivity contribution in [3.63, 3.8) is 0 Å². The topological polar surface area (TPSA) is 95.2 Å². The molecule has 31 heavy (non-hydrogen) atoms. The van der Waals surface area contributed by atoms with Gasteiger partial charge in [0.2, 0.25) is 0 Å². The number of benzene rings is 1. The Balaban J connectivity index is 1.40. The Labute approximate surface area is 179 Å². The summed E-state index contributed by atoms with van der Waals surface area (Å²) in [7, 11) is 0. The van der Waals surface area contributed by atoms with Crippen molar-refractivity contribution in [1.82, 2.24) is 15.2 Å². The number of hydrazone groups is 1. The third kappa shape index (κ3) is 3.32. The minimum atomic E-state index is -0.918. The molecule has 8 nitrogen and oxygen atoms in total. The van der Waals surface area contributed by atoms with Crippen LogP contribution in [-0.2, 0) is 9.59 Å². The van der Waals surface area contributed by atoms with E-state index in [0.717, 1.165) is 34.6 Å². The number of imide groups is 1. The summed E-state index contributed by atoms with van der Waals surface area (Å²) in [6, 6.07) is 10.6. The molecule has 1 aromatic carbocycles. The molecule has 0 radical (unpaired) electrons. The zero-order valence-electron chi connectivity index (χ0n) is 17.5. The van der Waals surface area contributed by atoms with Gasteiger partial charge in [-0.2, -0.15) is 5.10 Å². The first-order valence-electron chi connectivity index (χ1n) is 10.5. The van der Waals surface area contributed by atoms with Crippen LogP contribution in [0, 0.1) is 12.8 Å². The summed E-state index contributed by atoms with van der Waals surface area (Å²) in [6.45, 7) is 3.40. The lowest BCUT2D eigenvalue weighted by Gasteiger charge is -2.23. The van der Waals surface area contributed by atoms with E-state index < -0.39 is 23.5 Å². The molecular formula is C23H24N4O4. The van der Waals surface area contributed by atoms with E-state index in [-0.39, 0.29) is 18.4 Å². The molecule has 1 saturated heterocycles. The smallest absolute Gasteiger partial charge is 0.325 e. The van der Waals surface area contributed by atoms with Crippen molar-refractivity contribution in [2.24, 2.45) is 11.0 Å². The third-order valence-corrected chi connectivity index (χ3v) is 6.41. The number of nitrogens with one attached hydrogen (secondary N) is 1. The molecule has 1 aliphatic carbocycles. The average molecular weight is 420 g/mol. The maximum atomic E-state index is 13.2. The molecule has 4 amide bonds. The van der Waals surface area contributed by atoms with Crippen LogP contribution >= 0.6 is 0 Å². The van der Waals surface area contributed by atoms with Crippen LogP contribution in [0.15, 0.2) is 52.2 Å². The van der Waals surface area contributed by atoms with Gasteiger partial charge in [-0.1, -0.05) is 29.8 Å². The highest BCUT2D eigenvalue weighted by atomic mass is 16.3. The quantitative estimate of drug-likeness (QED) is 0.753. The zero-order chi connectivity index (χ0) is 21.8. The summed E-state index contributed by atoms with van der Waals surface area (Å²) >= 11 is 0. The molecule has 2 aliphatic heterocycles. The van der Waals surface area contributed by atoms with Gasteiger partial charge in [0.15, 0.2) is 0 Å². The van der Waals surface area contributed by atoms with Crippen LogP contribution in [0.5, 0.6) is 0 Å². The molecule has 2 fully saturated rings. The molecule has 1 N–H and O–H groups in total. The van der Waals surface area contributed by atoms with Crippen LogP contribution in [-0.4, -0.2) is 45.5 Å². The second-order valence-electron chi connectivity index (χ2n) is 8.68. The summed E-state index contributed by atoms with van der Waals surface area (Å²) in [5.74, 6) is -0.0195. The molecule has 3 aliphatic rings. The summed E-state index contributed by atoms with van der Waals surface area (Å²) in [4.78, 5) is 39.6. The number of urea groups is 1. The molecule has 2 aromatic rings. The standard InChI is InChI=1S/C23H24N4O4/c1-14-5-7-15(8-6-14)17-12-18(19-4-3-11-31-19)27(25-17)20(28)13-26-21(29)23(2,16-9-10-16)24-22(26)30/h3-8,11,16,18H,9-10,12-13H2,1-2H3,(H,24,30)/t18-,23-/m1/s1. The largest absolute Gasteiger partial charge is 0.467 e. The van der Waals surface area contributed by atoms with Gasteiger partial charge in [0, 0.05) is 6.42 Å². The van der Waals surface area contributed by atoms with E-state index in [4.69, 9.17) is 4.42 Å². The number of hydrogen-bond acceptors (Lipinski definition) is 5. The Hall–Kier alpha value is -3.42.